The minimum absolute atomic E-state index is 0.0520. The Balaban J connectivity index is 1.20. The fraction of sp³-hybridized carbons (Fsp3) is 0.455. The Morgan fingerprint density at radius 1 is 1.16 bits per heavy atom. The van der Waals surface area contributed by atoms with Crippen molar-refractivity contribution in [2.45, 2.75) is 61.9 Å². The van der Waals surface area contributed by atoms with Crippen LogP contribution < -0.4 is 21.3 Å². The van der Waals surface area contributed by atoms with Gasteiger partial charge in [-0.15, -0.1) is 23.1 Å². The molecule has 0 unspecified atom stereocenters. The zero-order valence-corrected chi connectivity index (χ0v) is 31.2. The number of benzene rings is 1. The number of nitrogens with two attached hydrogens (primary N) is 1. The van der Waals surface area contributed by atoms with Crippen LogP contribution in [0, 0.1) is 5.82 Å². The lowest BCUT2D eigenvalue weighted by Crippen LogP contribution is -2.72. The van der Waals surface area contributed by atoms with Crippen LogP contribution in [0.4, 0.5) is 9.52 Å². The number of hydrogen-bond donors (Lipinski definition) is 5. The van der Waals surface area contributed by atoms with Crippen LogP contribution in [0.2, 0.25) is 0 Å². The van der Waals surface area contributed by atoms with Crippen LogP contribution in [0.15, 0.2) is 39.1 Å². The highest BCUT2D eigenvalue weighted by Gasteiger charge is 2.56. The number of piperidine rings is 1. The van der Waals surface area contributed by atoms with E-state index in [0.717, 1.165) is 42.2 Å². The molecule has 7 rings (SSSR count). The van der Waals surface area contributed by atoms with Gasteiger partial charge in [-0.05, 0) is 32.9 Å². The van der Waals surface area contributed by atoms with Crippen molar-refractivity contribution in [2.24, 2.45) is 10.3 Å². The smallest absolute Gasteiger partial charge is 0.276 e. The van der Waals surface area contributed by atoms with Crippen molar-refractivity contribution in [2.75, 3.05) is 38.5 Å². The quantitative estimate of drug-likeness (QED) is 0.0411. The van der Waals surface area contributed by atoms with Gasteiger partial charge in [0.05, 0.1) is 43.8 Å². The van der Waals surface area contributed by atoms with E-state index < -0.39 is 80.7 Å². The van der Waals surface area contributed by atoms with E-state index in [1.807, 2.05) is 0 Å². The van der Waals surface area contributed by atoms with E-state index in [4.69, 9.17) is 10.6 Å². The number of amides is 3. The molecule has 6 heterocycles. The van der Waals surface area contributed by atoms with Gasteiger partial charge in [-0.1, -0.05) is 10.3 Å². The Morgan fingerprint density at radius 2 is 1.85 bits per heavy atom. The summed E-state index contributed by atoms with van der Waals surface area (Å²) in [5.41, 5.74) is 2.60. The molecule has 0 spiro atoms. The van der Waals surface area contributed by atoms with Crippen LogP contribution in [-0.2, 0) is 28.8 Å². The molecule has 294 valence electrons. The lowest BCUT2D eigenvalue weighted by atomic mass is 9.97. The number of oxime groups is 2. The van der Waals surface area contributed by atoms with Gasteiger partial charge in [-0.25, -0.2) is 9.37 Å². The van der Waals surface area contributed by atoms with Gasteiger partial charge in [0, 0.05) is 40.7 Å². The molecule has 22 heteroatoms. The maximum Gasteiger partial charge on any atom is 0.276 e. The van der Waals surface area contributed by atoms with Gasteiger partial charge in [-0.2, -0.15) is 0 Å². The summed E-state index contributed by atoms with van der Waals surface area (Å²) >= 11 is 2.22. The number of phenols is 2. The lowest BCUT2D eigenvalue weighted by Gasteiger charge is -2.53. The summed E-state index contributed by atoms with van der Waals surface area (Å²) in [6.07, 6.45) is 0.986. The molecule has 4 saturated heterocycles. The Morgan fingerprint density at radius 3 is 2.44 bits per heavy atom. The molecule has 1 aromatic carbocycles. The standard InChI is InChI=1S/C33H37FN8O11S2/c1-14-17(12-42-7-4-16(5-8-42)40(6-9-42)27(46)21(38-52)15-10-18(34)25(44)20(43)11-15)24(30(48)49)41-28(47)23(29(41)55-14)37-26(45)22(19-13-54-32(35)36-19)39-53-33(2,3)31(50)51/h10-11,13-14,16,23,29H,4-9,12H2,1-3H3,(H7-,35,36,37,38,39,43,44,45,46,48,49,50,51,52)/p-1/t14-,16?,23+,29+,42?/m0/s1. The molecule has 4 fully saturated rings. The number of anilines is 1. The second-order valence-corrected chi connectivity index (χ2v) is 16.4. The van der Waals surface area contributed by atoms with Crippen molar-refractivity contribution in [3.63, 3.8) is 0 Å². The van der Waals surface area contributed by atoms with E-state index in [2.05, 4.69) is 20.6 Å². The van der Waals surface area contributed by atoms with Crippen LogP contribution in [0.1, 0.15) is 44.9 Å². The summed E-state index contributed by atoms with van der Waals surface area (Å²) in [5, 5.41) is 62.9. The largest absolute Gasteiger partial charge is 0.546 e. The fourth-order valence-corrected chi connectivity index (χ4v) is 9.13. The van der Waals surface area contributed by atoms with Gasteiger partial charge in [-0.3, -0.25) is 19.3 Å². The van der Waals surface area contributed by atoms with Crippen LogP contribution in [-0.4, -0.2) is 137 Å². The average Bonchev–Trinajstić information content (AvgIpc) is 3.37. The summed E-state index contributed by atoms with van der Waals surface area (Å²) in [6.45, 7) is 5.86. The zero-order chi connectivity index (χ0) is 40.1. The first-order valence-corrected chi connectivity index (χ1v) is 18.7. The molecule has 1 aromatic heterocycles. The number of carbonyl (C=O) groups excluding carboxylic acids is 5. The first-order chi connectivity index (χ1) is 25.9. The van der Waals surface area contributed by atoms with E-state index in [-0.39, 0.29) is 41.2 Å². The number of thioether (sulfide) groups is 1. The molecule has 3 amide bonds. The summed E-state index contributed by atoms with van der Waals surface area (Å²) in [7, 11) is 0. The molecular formula is C33H36FN8O11S2-. The second-order valence-electron chi connectivity index (χ2n) is 14.1. The Labute approximate surface area is 320 Å². The summed E-state index contributed by atoms with van der Waals surface area (Å²) in [6, 6.07) is 0.175. The summed E-state index contributed by atoms with van der Waals surface area (Å²) < 4.78 is 14.6. The van der Waals surface area contributed by atoms with E-state index in [1.165, 1.54) is 22.0 Å². The highest BCUT2D eigenvalue weighted by Crippen LogP contribution is 2.45. The van der Waals surface area contributed by atoms with Gasteiger partial charge < -0.3 is 60.5 Å². The second kappa shape index (κ2) is 14.6. The topological polar surface area (TPSA) is 284 Å². The molecule has 5 aliphatic heterocycles. The number of carboxylic acid groups (broad SMARTS) is 2. The minimum Gasteiger partial charge on any atom is -0.546 e. The first kappa shape index (κ1) is 39.2. The predicted octanol–water partition coefficient (Wildman–Crippen LogP) is -1.98. The van der Waals surface area contributed by atoms with E-state index >= 15 is 0 Å². The molecule has 0 saturated carbocycles. The van der Waals surface area contributed by atoms with Crippen LogP contribution in [0.25, 0.3) is 0 Å². The van der Waals surface area contributed by atoms with Gasteiger partial charge in [0.1, 0.15) is 23.7 Å². The summed E-state index contributed by atoms with van der Waals surface area (Å²) in [5.74, 6) is -8.68. The minimum atomic E-state index is -1.94. The highest BCUT2D eigenvalue weighted by atomic mass is 32.2. The van der Waals surface area contributed by atoms with E-state index in [0.29, 0.717) is 42.5 Å². The molecule has 19 nitrogen and oxygen atoms in total. The molecule has 5 aliphatic rings. The molecular weight excluding hydrogens is 768 g/mol. The molecule has 0 aliphatic carbocycles. The molecule has 6 N–H and O–H groups in total. The van der Waals surface area contributed by atoms with Crippen molar-refractivity contribution in [1.29, 1.82) is 0 Å². The Hall–Kier alpha value is -5.48. The summed E-state index contributed by atoms with van der Waals surface area (Å²) in [4.78, 5) is 76.6. The molecule has 2 bridgehead atoms. The highest BCUT2D eigenvalue weighted by molar-refractivity contribution is 8.00. The zero-order valence-electron chi connectivity index (χ0n) is 29.6. The van der Waals surface area contributed by atoms with E-state index in [9.17, 15) is 54.0 Å². The third-order valence-corrected chi connectivity index (χ3v) is 12.4. The van der Waals surface area contributed by atoms with Crippen LogP contribution >= 0.6 is 23.1 Å². The number of aromatic nitrogens is 1. The number of aliphatic carboxylic acids is 2. The first-order valence-electron chi connectivity index (χ1n) is 16.9. The van der Waals surface area contributed by atoms with Crippen molar-refractivity contribution in [1.82, 2.24) is 20.1 Å². The van der Waals surface area contributed by atoms with Crippen molar-refractivity contribution >= 4 is 69.3 Å². The third kappa shape index (κ3) is 7.23. The molecule has 0 radical (unpaired) electrons. The average molecular weight is 804 g/mol. The number of nitrogen functional groups attached to an aromatic ring is 1. The number of phenolic OH excluding ortho intramolecular Hbond substituents is 2. The van der Waals surface area contributed by atoms with Crippen LogP contribution in [0.5, 0.6) is 11.5 Å². The molecule has 55 heavy (non-hydrogen) atoms. The van der Waals surface area contributed by atoms with Crippen molar-refractivity contribution in [3.05, 3.63) is 45.9 Å². The number of carbonyl (C=O) groups is 5. The maximum absolute atomic E-state index is 14.2. The molecule has 2 aromatic rings. The predicted molar refractivity (Wildman–Crippen MR) is 187 cm³/mol. The normalized spacial score (nSPS) is 25.6. The number of nitrogens with zero attached hydrogens (tertiary/aromatic N) is 6. The number of halogens is 1. The Kier molecular flexibility index (Phi) is 10.4. The fourth-order valence-electron chi connectivity index (χ4n) is 7.14. The molecule has 3 atom stereocenters. The maximum atomic E-state index is 14.2. The van der Waals surface area contributed by atoms with Crippen LogP contribution in [0.3, 0.4) is 0 Å². The SMILES string of the molecule is C[C@@H]1S[C@@H]2[C@H](NC(=O)/C(=N\OC(C)(C)C(=O)[O-])c3csc(N)n3)C(=O)N2C(C(=O)[O-])=C1C[N+]12CCC(CC1)N(C(=O)/C(=N\O)c1cc(O)c(O)c(F)c1)CC2. The number of aromatic hydroxyl groups is 2. The number of thiazole rings is 1. The van der Waals surface area contributed by atoms with Gasteiger partial charge in [0.15, 0.2) is 39.5 Å². The Bertz CT molecular complexity index is 2040. The number of quaternary nitrogens is 1. The monoisotopic (exact) mass is 803 g/mol. The van der Waals surface area contributed by atoms with Crippen molar-refractivity contribution in [3.8, 4) is 11.5 Å². The van der Waals surface area contributed by atoms with Gasteiger partial charge in [0.2, 0.25) is 0 Å². The number of fused-ring (bicyclic) bond motifs is 5. The van der Waals surface area contributed by atoms with Gasteiger partial charge in [0.25, 0.3) is 17.7 Å². The van der Waals surface area contributed by atoms with E-state index in [1.54, 1.807) is 6.92 Å². The third-order valence-electron chi connectivity index (χ3n) is 10.3. The lowest BCUT2D eigenvalue weighted by molar-refractivity contribution is -0.925. The van der Waals surface area contributed by atoms with Gasteiger partial charge >= 0.3 is 0 Å². The number of hydrogen-bond acceptors (Lipinski definition) is 17. The van der Waals surface area contributed by atoms with Crippen molar-refractivity contribution < 1.29 is 63.3 Å². The number of nitrogens with one attached hydrogen (secondary N) is 1. The number of β-lactam (4-membered cyclic amide) rings is 1. The number of carboxylic acids is 2. The number of rotatable bonds is 11.